The Morgan fingerprint density at radius 2 is 1.79 bits per heavy atom. The number of carbonyl (C=O) groups is 1. The Bertz CT molecular complexity index is 1980. The number of aromatic nitrogens is 4. The number of aliphatic carboxylic acids is 1. The highest BCUT2D eigenvalue weighted by molar-refractivity contribution is 7.90. The van der Waals surface area contributed by atoms with Gasteiger partial charge in [0.15, 0.2) is 17.5 Å². The van der Waals surface area contributed by atoms with Gasteiger partial charge in [0.1, 0.15) is 21.7 Å². The second-order valence-electron chi connectivity index (χ2n) is 11.1. The standard InChI is InChI=1S/C29H25F2N5O4S2/c1-14-2-8-18(9-3-14)42(39,40)36-12-20(19-10-17(30)11-21(31)25(19)36)26-34-27(24-28(35-26)41-13-32-24)33-23-16-6-4-15(5-7-16)22(23)29(37)38/h2-3,8-13,15-16,22-23H,4-7H2,1H3,(H,37,38)(H,33,34,35). The predicted octanol–water partition coefficient (Wildman–Crippen LogP) is 5.83. The highest BCUT2D eigenvalue weighted by Gasteiger charge is 2.47. The second-order valence-corrected chi connectivity index (χ2v) is 13.7. The van der Waals surface area contributed by atoms with Gasteiger partial charge in [-0.2, -0.15) is 0 Å². The largest absolute Gasteiger partial charge is 0.481 e. The van der Waals surface area contributed by atoms with Crippen LogP contribution in [0.5, 0.6) is 0 Å². The Labute approximate surface area is 243 Å². The molecule has 0 radical (unpaired) electrons. The monoisotopic (exact) mass is 609 g/mol. The molecule has 2 aromatic carbocycles. The van der Waals surface area contributed by atoms with Crippen molar-refractivity contribution in [3.63, 3.8) is 0 Å². The van der Waals surface area contributed by atoms with Crippen LogP contribution in [0, 0.1) is 36.3 Å². The summed E-state index contributed by atoms with van der Waals surface area (Å²) < 4.78 is 58.0. The lowest BCUT2D eigenvalue weighted by Gasteiger charge is -2.47. The van der Waals surface area contributed by atoms with E-state index in [4.69, 9.17) is 0 Å². The Morgan fingerprint density at radius 3 is 2.50 bits per heavy atom. The maximum absolute atomic E-state index is 15.3. The number of aryl methyl sites for hydroxylation is 1. The molecule has 2 atom stereocenters. The first-order valence-electron chi connectivity index (χ1n) is 13.5. The molecular weight excluding hydrogens is 584 g/mol. The van der Waals surface area contributed by atoms with Gasteiger partial charge in [0.05, 0.1) is 16.3 Å². The van der Waals surface area contributed by atoms with Gasteiger partial charge in [0, 0.05) is 29.3 Å². The van der Waals surface area contributed by atoms with Crippen LogP contribution in [0.3, 0.4) is 0 Å². The van der Waals surface area contributed by atoms with Gasteiger partial charge in [-0.15, -0.1) is 11.3 Å². The van der Waals surface area contributed by atoms with Crippen LogP contribution in [-0.2, 0) is 14.8 Å². The molecule has 3 aliphatic carbocycles. The normalized spacial score (nSPS) is 22.2. The van der Waals surface area contributed by atoms with Crippen molar-refractivity contribution in [2.45, 2.75) is 43.5 Å². The lowest BCUT2D eigenvalue weighted by molar-refractivity contribution is -0.148. The number of rotatable bonds is 6. The van der Waals surface area contributed by atoms with Crippen LogP contribution in [0.15, 0.2) is 53.0 Å². The summed E-state index contributed by atoms with van der Waals surface area (Å²) in [6.45, 7) is 1.82. The number of carboxylic acid groups (broad SMARTS) is 1. The minimum absolute atomic E-state index is 0.0156. The molecule has 0 spiro atoms. The summed E-state index contributed by atoms with van der Waals surface area (Å²) >= 11 is 1.23. The van der Waals surface area contributed by atoms with Crippen molar-refractivity contribution in [2.75, 3.05) is 5.32 Å². The molecule has 3 heterocycles. The minimum Gasteiger partial charge on any atom is -0.481 e. The Balaban J connectivity index is 1.40. The van der Waals surface area contributed by atoms with Crippen LogP contribution < -0.4 is 5.32 Å². The number of anilines is 1. The van der Waals surface area contributed by atoms with E-state index in [0.717, 1.165) is 41.3 Å². The van der Waals surface area contributed by atoms with Gasteiger partial charge in [-0.05, 0) is 62.6 Å². The van der Waals surface area contributed by atoms with E-state index in [1.54, 1.807) is 17.6 Å². The van der Waals surface area contributed by atoms with Crippen molar-refractivity contribution in [1.82, 2.24) is 18.9 Å². The molecule has 2 bridgehead atoms. The van der Waals surface area contributed by atoms with Crippen molar-refractivity contribution >= 4 is 54.4 Å². The topological polar surface area (TPSA) is 127 Å². The first-order valence-corrected chi connectivity index (χ1v) is 15.9. The van der Waals surface area contributed by atoms with Crippen molar-refractivity contribution < 1.29 is 27.1 Å². The van der Waals surface area contributed by atoms with Crippen LogP contribution in [-0.4, -0.2) is 44.5 Å². The molecule has 3 fully saturated rings. The second kappa shape index (κ2) is 9.80. The van der Waals surface area contributed by atoms with E-state index in [9.17, 15) is 22.7 Å². The molecule has 0 amide bonds. The van der Waals surface area contributed by atoms with Crippen molar-refractivity contribution in [3.8, 4) is 11.4 Å². The molecule has 8 rings (SSSR count). The summed E-state index contributed by atoms with van der Waals surface area (Å²) in [7, 11) is -4.28. The van der Waals surface area contributed by atoms with Crippen LogP contribution in [0.4, 0.5) is 14.6 Å². The van der Waals surface area contributed by atoms with Gasteiger partial charge < -0.3 is 10.4 Å². The fourth-order valence-corrected chi connectivity index (χ4v) is 8.63. The quantitative estimate of drug-likeness (QED) is 0.246. The van der Waals surface area contributed by atoms with Crippen LogP contribution in [0.2, 0.25) is 0 Å². The fraction of sp³-hybridized carbons (Fsp3) is 0.310. The van der Waals surface area contributed by atoms with Crippen LogP contribution >= 0.6 is 11.3 Å². The average molecular weight is 610 g/mol. The zero-order chi connectivity index (χ0) is 29.3. The summed E-state index contributed by atoms with van der Waals surface area (Å²) in [5, 5.41) is 13.4. The highest BCUT2D eigenvalue weighted by atomic mass is 32.2. The zero-order valence-corrected chi connectivity index (χ0v) is 23.9. The number of thiazole rings is 1. The van der Waals surface area contributed by atoms with Gasteiger partial charge in [-0.1, -0.05) is 17.7 Å². The van der Waals surface area contributed by atoms with Gasteiger partial charge in [-0.3, -0.25) is 4.79 Å². The molecular formula is C29H25F2N5O4S2. The number of carboxylic acids is 1. The van der Waals surface area contributed by atoms with Gasteiger partial charge in [0.25, 0.3) is 10.0 Å². The lowest BCUT2D eigenvalue weighted by Crippen LogP contribution is -2.51. The van der Waals surface area contributed by atoms with Crippen LogP contribution in [0.25, 0.3) is 32.6 Å². The van der Waals surface area contributed by atoms with Crippen LogP contribution in [0.1, 0.15) is 31.2 Å². The highest BCUT2D eigenvalue weighted by Crippen LogP contribution is 2.47. The molecule has 2 N–H and O–H groups in total. The maximum Gasteiger partial charge on any atom is 0.308 e. The van der Waals surface area contributed by atoms with Crippen molar-refractivity contribution in [1.29, 1.82) is 0 Å². The smallest absolute Gasteiger partial charge is 0.308 e. The molecule has 42 heavy (non-hydrogen) atoms. The molecule has 216 valence electrons. The summed E-state index contributed by atoms with van der Waals surface area (Å²) in [5.41, 5.74) is 2.66. The number of hydrogen-bond donors (Lipinski definition) is 2. The third-order valence-corrected chi connectivity index (χ3v) is 11.0. The van der Waals surface area contributed by atoms with Gasteiger partial charge >= 0.3 is 5.97 Å². The van der Waals surface area contributed by atoms with E-state index in [2.05, 4.69) is 20.3 Å². The molecule has 0 saturated heterocycles. The number of nitrogens with one attached hydrogen (secondary N) is 1. The molecule has 3 saturated carbocycles. The van der Waals surface area contributed by atoms with E-state index >= 15 is 4.39 Å². The number of hydrogen-bond acceptors (Lipinski definition) is 8. The SMILES string of the molecule is Cc1ccc(S(=O)(=O)n2cc(-c3nc(NC4C5CCC(CC5)C4C(=O)O)c4ncsc4n3)c3cc(F)cc(F)c32)cc1. The summed E-state index contributed by atoms with van der Waals surface area (Å²) in [5.74, 6) is -2.83. The number of halogens is 2. The Morgan fingerprint density at radius 1 is 1.07 bits per heavy atom. The summed E-state index contributed by atoms with van der Waals surface area (Å²) in [6, 6.07) is 7.45. The van der Waals surface area contributed by atoms with Gasteiger partial charge in [-0.25, -0.2) is 36.1 Å². The van der Waals surface area contributed by atoms with E-state index < -0.39 is 33.5 Å². The first kappa shape index (κ1) is 26.9. The average Bonchev–Trinajstić information content (AvgIpc) is 3.59. The molecule has 0 aliphatic heterocycles. The van der Waals surface area contributed by atoms with Crippen molar-refractivity contribution in [3.05, 3.63) is 65.3 Å². The third-order valence-electron chi connectivity index (χ3n) is 8.61. The zero-order valence-electron chi connectivity index (χ0n) is 22.3. The molecule has 13 heteroatoms. The first-order chi connectivity index (χ1) is 20.1. The molecule has 5 aromatic rings. The number of nitrogens with zero attached hydrogens (tertiary/aromatic N) is 4. The molecule has 9 nitrogen and oxygen atoms in total. The van der Waals surface area contributed by atoms with Gasteiger partial charge in [0.2, 0.25) is 0 Å². The molecule has 2 unspecified atom stereocenters. The third kappa shape index (κ3) is 4.25. The lowest BCUT2D eigenvalue weighted by atomic mass is 9.61. The Kier molecular flexibility index (Phi) is 6.28. The summed E-state index contributed by atoms with van der Waals surface area (Å²) in [4.78, 5) is 26.3. The molecule has 3 aromatic heterocycles. The maximum atomic E-state index is 15.3. The Hall–Kier alpha value is -3.97. The van der Waals surface area contributed by atoms with Crippen molar-refractivity contribution in [2.24, 2.45) is 17.8 Å². The predicted molar refractivity (Wildman–Crippen MR) is 154 cm³/mol. The van der Waals surface area contributed by atoms with E-state index in [1.165, 1.54) is 29.7 Å². The molecule has 3 aliphatic rings. The number of fused-ring (bicyclic) bond motifs is 5. The summed E-state index contributed by atoms with van der Waals surface area (Å²) in [6.07, 6.45) is 4.76. The minimum atomic E-state index is -4.28. The van der Waals surface area contributed by atoms with E-state index in [-0.39, 0.29) is 45.1 Å². The van der Waals surface area contributed by atoms with E-state index in [0.29, 0.717) is 22.2 Å². The fourth-order valence-electron chi connectivity index (χ4n) is 6.59. The van der Waals surface area contributed by atoms with E-state index in [1.807, 2.05) is 6.92 Å². The number of benzene rings is 2.